The van der Waals surface area contributed by atoms with Crippen LogP contribution in [-0.4, -0.2) is 27.5 Å². The SMILES string of the molecule is Cc1co[c]([Sn])n1. The van der Waals surface area contributed by atoms with E-state index in [0.29, 0.717) is 0 Å². The summed E-state index contributed by atoms with van der Waals surface area (Å²) in [6, 6.07) is 0. The predicted molar refractivity (Wildman–Crippen MR) is 26.6 cm³/mol. The number of aryl methyl sites for hydroxylation is 1. The quantitative estimate of drug-likeness (QED) is 0.542. The third-order valence-corrected chi connectivity index (χ3v) is 1.27. The van der Waals surface area contributed by atoms with Gasteiger partial charge in [0.05, 0.1) is 0 Å². The van der Waals surface area contributed by atoms with Crippen molar-refractivity contribution in [2.45, 2.75) is 6.92 Å². The zero-order chi connectivity index (χ0) is 5.28. The Labute approximate surface area is 55.0 Å². The molecule has 1 aromatic heterocycles. The van der Waals surface area contributed by atoms with Crippen molar-refractivity contribution >= 4 is 26.4 Å². The molecular weight excluding hydrogens is 197 g/mol. The van der Waals surface area contributed by atoms with Crippen molar-refractivity contribution < 1.29 is 4.42 Å². The Morgan fingerprint density at radius 3 is 2.71 bits per heavy atom. The summed E-state index contributed by atoms with van der Waals surface area (Å²) < 4.78 is 5.72. The van der Waals surface area contributed by atoms with Crippen LogP contribution in [0.3, 0.4) is 0 Å². The van der Waals surface area contributed by atoms with Crippen LogP contribution in [0.25, 0.3) is 0 Å². The van der Waals surface area contributed by atoms with Crippen LogP contribution in [-0.2, 0) is 0 Å². The van der Waals surface area contributed by atoms with Crippen LogP contribution >= 0.6 is 0 Å². The van der Waals surface area contributed by atoms with Crippen molar-refractivity contribution in [3.63, 3.8) is 0 Å². The Bertz CT molecular complexity index is 144. The maximum atomic E-state index is 4.89. The first-order chi connectivity index (χ1) is 3.29. The molecule has 3 heteroatoms. The fourth-order valence-electron chi connectivity index (χ4n) is 0.354. The van der Waals surface area contributed by atoms with Gasteiger partial charge in [0.2, 0.25) is 0 Å². The first-order valence-corrected chi connectivity index (χ1v) is 3.35. The molecule has 0 aliphatic heterocycles. The van der Waals surface area contributed by atoms with Gasteiger partial charge in [0.15, 0.2) is 0 Å². The molecule has 1 rings (SSSR count). The Hall–Kier alpha value is 0.00870. The van der Waals surface area contributed by atoms with Crippen molar-refractivity contribution in [2.24, 2.45) is 0 Å². The molecular formula is C4H4NOSn. The molecule has 0 bridgehead atoms. The van der Waals surface area contributed by atoms with Gasteiger partial charge >= 0.3 is 54.7 Å². The first-order valence-electron chi connectivity index (χ1n) is 1.93. The molecule has 0 saturated heterocycles. The molecule has 0 saturated carbocycles. The van der Waals surface area contributed by atoms with E-state index in [0.717, 1.165) is 9.60 Å². The summed E-state index contributed by atoms with van der Waals surface area (Å²) in [5.74, 6) is 0. The van der Waals surface area contributed by atoms with Crippen LogP contribution in [0.1, 0.15) is 5.69 Å². The number of aromatic nitrogens is 1. The molecule has 0 N–H and O–H groups in total. The van der Waals surface area contributed by atoms with Crippen LogP contribution in [0.2, 0.25) is 0 Å². The number of rotatable bonds is 0. The summed E-state index contributed by atoms with van der Waals surface area (Å²) in [7, 11) is 0. The minimum absolute atomic E-state index is 0.824. The zero-order valence-electron chi connectivity index (χ0n) is 3.93. The molecule has 0 aromatic carbocycles. The molecule has 0 amide bonds. The average Bonchev–Trinajstić information content (AvgIpc) is 1.87. The Balaban J connectivity index is 3.04. The molecule has 0 aliphatic rings. The monoisotopic (exact) mass is 202 g/mol. The zero-order valence-corrected chi connectivity index (χ0v) is 6.79. The van der Waals surface area contributed by atoms with E-state index in [2.05, 4.69) is 4.98 Å². The van der Waals surface area contributed by atoms with Crippen LogP contribution in [0.4, 0.5) is 0 Å². The number of oxazole rings is 1. The van der Waals surface area contributed by atoms with Crippen LogP contribution < -0.4 is 3.91 Å². The van der Waals surface area contributed by atoms with Gasteiger partial charge in [0.25, 0.3) is 0 Å². The minimum atomic E-state index is 0.824. The summed E-state index contributed by atoms with van der Waals surface area (Å²) in [5, 5.41) is 0. The van der Waals surface area contributed by atoms with Gasteiger partial charge in [-0.1, -0.05) is 0 Å². The molecule has 0 spiro atoms. The van der Waals surface area contributed by atoms with E-state index in [1.54, 1.807) is 6.26 Å². The third-order valence-electron chi connectivity index (χ3n) is 0.619. The van der Waals surface area contributed by atoms with E-state index in [1.165, 1.54) is 22.5 Å². The maximum absolute atomic E-state index is 4.89. The van der Waals surface area contributed by atoms with Crippen LogP contribution in [0.15, 0.2) is 10.7 Å². The molecule has 1 aromatic rings. The molecule has 3 radical (unpaired) electrons. The average molecular weight is 201 g/mol. The Morgan fingerprint density at radius 1 is 1.86 bits per heavy atom. The number of nitrogens with zero attached hydrogens (tertiary/aromatic N) is 1. The van der Waals surface area contributed by atoms with Crippen LogP contribution in [0.5, 0.6) is 0 Å². The molecule has 0 aliphatic carbocycles. The normalized spacial score (nSPS) is 9.43. The van der Waals surface area contributed by atoms with E-state index in [-0.39, 0.29) is 0 Å². The Morgan fingerprint density at radius 2 is 2.57 bits per heavy atom. The van der Waals surface area contributed by atoms with Gasteiger partial charge in [0, 0.05) is 0 Å². The second kappa shape index (κ2) is 1.86. The molecule has 0 fully saturated rings. The summed E-state index contributed by atoms with van der Waals surface area (Å²) in [5.41, 5.74) is 0.965. The molecule has 35 valence electrons. The van der Waals surface area contributed by atoms with E-state index >= 15 is 0 Å². The van der Waals surface area contributed by atoms with Crippen molar-refractivity contribution in [1.29, 1.82) is 0 Å². The number of hydrogen-bond acceptors (Lipinski definition) is 2. The van der Waals surface area contributed by atoms with Gasteiger partial charge < -0.3 is 0 Å². The second-order valence-corrected chi connectivity index (χ2v) is 2.51. The molecule has 0 unspecified atom stereocenters. The summed E-state index contributed by atoms with van der Waals surface area (Å²) in [6.07, 6.45) is 1.66. The first kappa shape index (κ1) is 5.15. The summed E-state index contributed by atoms with van der Waals surface area (Å²) in [6.45, 7) is 1.91. The Kier molecular flexibility index (Phi) is 1.37. The van der Waals surface area contributed by atoms with Gasteiger partial charge in [-0.05, 0) is 0 Å². The van der Waals surface area contributed by atoms with E-state index in [1.807, 2.05) is 6.92 Å². The van der Waals surface area contributed by atoms with Gasteiger partial charge in [-0.3, -0.25) is 0 Å². The molecule has 1 heterocycles. The van der Waals surface area contributed by atoms with Gasteiger partial charge in [-0.25, -0.2) is 0 Å². The topological polar surface area (TPSA) is 26.0 Å². The van der Waals surface area contributed by atoms with Crippen molar-refractivity contribution in [3.8, 4) is 0 Å². The number of hydrogen-bond donors (Lipinski definition) is 0. The third kappa shape index (κ3) is 1.19. The summed E-state index contributed by atoms with van der Waals surface area (Å²) >= 11 is 1.24. The molecule has 0 atom stereocenters. The van der Waals surface area contributed by atoms with Crippen molar-refractivity contribution in [1.82, 2.24) is 4.98 Å². The van der Waals surface area contributed by atoms with Crippen molar-refractivity contribution in [2.75, 3.05) is 0 Å². The van der Waals surface area contributed by atoms with Crippen molar-refractivity contribution in [3.05, 3.63) is 12.0 Å². The summed E-state index contributed by atoms with van der Waals surface area (Å²) in [4.78, 5) is 3.98. The van der Waals surface area contributed by atoms with E-state index in [9.17, 15) is 0 Å². The van der Waals surface area contributed by atoms with Gasteiger partial charge in [-0.15, -0.1) is 0 Å². The fraction of sp³-hybridized carbons (Fsp3) is 0.250. The standard InChI is InChI=1S/C4H4NO.Sn/c1-4-2-6-3-5-4;/h2H,1H3;. The molecule has 2 nitrogen and oxygen atoms in total. The van der Waals surface area contributed by atoms with E-state index < -0.39 is 0 Å². The fourth-order valence-corrected chi connectivity index (χ4v) is 1.03. The molecule has 7 heavy (non-hydrogen) atoms. The predicted octanol–water partition coefficient (Wildman–Crippen LogP) is -0.223. The van der Waals surface area contributed by atoms with E-state index in [4.69, 9.17) is 4.42 Å². The second-order valence-electron chi connectivity index (χ2n) is 1.29. The van der Waals surface area contributed by atoms with Gasteiger partial charge in [-0.2, -0.15) is 0 Å². The van der Waals surface area contributed by atoms with Gasteiger partial charge in [0.1, 0.15) is 0 Å². The van der Waals surface area contributed by atoms with Crippen LogP contribution in [0, 0.1) is 6.92 Å².